The van der Waals surface area contributed by atoms with Crippen LogP contribution >= 0.6 is 0 Å². The second-order valence-corrected chi connectivity index (χ2v) is 5.88. The molecular formula is C16H24F3N. The third-order valence-corrected chi connectivity index (χ3v) is 3.43. The largest absolute Gasteiger partial charge is 0.416 e. The minimum atomic E-state index is -4.28. The minimum Gasteiger partial charge on any atom is -0.308 e. The molecule has 0 amide bonds. The van der Waals surface area contributed by atoms with Crippen LogP contribution in [-0.2, 0) is 6.18 Å². The first-order valence-corrected chi connectivity index (χ1v) is 7.13. The average molecular weight is 287 g/mol. The first-order chi connectivity index (χ1) is 9.20. The van der Waals surface area contributed by atoms with Crippen LogP contribution in [0.5, 0.6) is 0 Å². The van der Waals surface area contributed by atoms with Crippen LogP contribution in [0.1, 0.15) is 57.7 Å². The summed E-state index contributed by atoms with van der Waals surface area (Å²) in [7, 11) is 0. The first kappa shape index (κ1) is 17.0. The van der Waals surface area contributed by atoms with Gasteiger partial charge in [-0.25, -0.2) is 0 Å². The summed E-state index contributed by atoms with van der Waals surface area (Å²) in [4.78, 5) is 0. The molecule has 0 saturated heterocycles. The van der Waals surface area contributed by atoms with Gasteiger partial charge in [-0.3, -0.25) is 0 Å². The summed E-state index contributed by atoms with van der Waals surface area (Å²) in [5.74, 6) is 0.642. The predicted octanol–water partition coefficient (Wildman–Crippen LogP) is 5.18. The first-order valence-electron chi connectivity index (χ1n) is 7.13. The molecular weight excluding hydrogens is 263 g/mol. The maximum Gasteiger partial charge on any atom is 0.416 e. The molecule has 2 atom stereocenters. The molecule has 1 nitrogen and oxygen atoms in total. The Morgan fingerprint density at radius 2 is 1.70 bits per heavy atom. The second kappa shape index (κ2) is 7.11. The lowest BCUT2D eigenvalue weighted by atomic mass is 10.0. The van der Waals surface area contributed by atoms with E-state index in [2.05, 4.69) is 26.1 Å². The van der Waals surface area contributed by atoms with Crippen molar-refractivity contribution >= 4 is 0 Å². The van der Waals surface area contributed by atoms with Gasteiger partial charge in [0.05, 0.1) is 5.56 Å². The van der Waals surface area contributed by atoms with Gasteiger partial charge in [0.25, 0.3) is 0 Å². The quantitative estimate of drug-likeness (QED) is 0.760. The maximum absolute atomic E-state index is 12.7. The summed E-state index contributed by atoms with van der Waals surface area (Å²) in [6.45, 7) is 8.32. The number of halogens is 3. The lowest BCUT2D eigenvalue weighted by Gasteiger charge is -2.22. The standard InChI is InChI=1S/C16H24F3N/c1-11(2)8-9-12(3)20-13(4)14-6-5-7-15(10-14)16(17,18)19/h5-7,10-13,20H,8-9H2,1-4H3. The van der Waals surface area contributed by atoms with Crippen LogP contribution in [0.25, 0.3) is 0 Å². The van der Waals surface area contributed by atoms with Crippen molar-refractivity contribution in [2.45, 2.75) is 58.8 Å². The Morgan fingerprint density at radius 3 is 2.25 bits per heavy atom. The maximum atomic E-state index is 12.7. The molecule has 4 heteroatoms. The molecule has 1 aromatic rings. The van der Waals surface area contributed by atoms with Crippen LogP contribution in [-0.4, -0.2) is 6.04 Å². The Bertz CT molecular complexity index is 412. The van der Waals surface area contributed by atoms with Gasteiger partial charge in [-0.05, 0) is 50.3 Å². The van der Waals surface area contributed by atoms with E-state index in [1.165, 1.54) is 12.1 Å². The van der Waals surface area contributed by atoms with E-state index in [4.69, 9.17) is 0 Å². The second-order valence-electron chi connectivity index (χ2n) is 5.88. The summed E-state index contributed by atoms with van der Waals surface area (Å²) < 4.78 is 38.0. The van der Waals surface area contributed by atoms with E-state index < -0.39 is 11.7 Å². The molecule has 0 radical (unpaired) electrons. The van der Waals surface area contributed by atoms with Crippen LogP contribution in [0, 0.1) is 5.92 Å². The molecule has 20 heavy (non-hydrogen) atoms. The molecule has 0 bridgehead atoms. The number of alkyl halides is 3. The van der Waals surface area contributed by atoms with Gasteiger partial charge in [-0.2, -0.15) is 13.2 Å². The number of nitrogens with one attached hydrogen (secondary N) is 1. The fourth-order valence-corrected chi connectivity index (χ4v) is 2.17. The normalized spacial score (nSPS) is 15.4. The monoisotopic (exact) mass is 287 g/mol. The van der Waals surface area contributed by atoms with E-state index in [1.54, 1.807) is 6.07 Å². The van der Waals surface area contributed by atoms with Crippen LogP contribution in [0.15, 0.2) is 24.3 Å². The molecule has 0 saturated carbocycles. The summed E-state index contributed by atoms with van der Waals surface area (Å²) in [5.41, 5.74) is 0.0923. The highest BCUT2D eigenvalue weighted by molar-refractivity contribution is 5.27. The topological polar surface area (TPSA) is 12.0 Å². The summed E-state index contributed by atoms with van der Waals surface area (Å²) >= 11 is 0. The summed E-state index contributed by atoms with van der Waals surface area (Å²) in [6.07, 6.45) is -2.14. The van der Waals surface area contributed by atoms with Crippen LogP contribution in [0.2, 0.25) is 0 Å². The highest BCUT2D eigenvalue weighted by atomic mass is 19.4. The lowest BCUT2D eigenvalue weighted by molar-refractivity contribution is -0.137. The van der Waals surface area contributed by atoms with Gasteiger partial charge in [-0.1, -0.05) is 26.0 Å². The van der Waals surface area contributed by atoms with Crippen molar-refractivity contribution in [3.63, 3.8) is 0 Å². The van der Waals surface area contributed by atoms with Crippen LogP contribution < -0.4 is 5.32 Å². The SMILES string of the molecule is CC(C)CCC(C)NC(C)c1cccc(C(F)(F)F)c1. The fourth-order valence-electron chi connectivity index (χ4n) is 2.17. The average Bonchev–Trinajstić information content (AvgIpc) is 2.35. The Balaban J connectivity index is 2.65. The lowest BCUT2D eigenvalue weighted by Crippen LogP contribution is -2.29. The number of rotatable bonds is 6. The molecule has 0 heterocycles. The molecule has 0 aliphatic rings. The van der Waals surface area contributed by atoms with Gasteiger partial charge in [0.1, 0.15) is 0 Å². The molecule has 1 aromatic carbocycles. The zero-order chi connectivity index (χ0) is 15.3. The predicted molar refractivity (Wildman–Crippen MR) is 76.5 cm³/mol. The van der Waals surface area contributed by atoms with E-state index in [-0.39, 0.29) is 6.04 Å². The number of hydrogen-bond acceptors (Lipinski definition) is 1. The molecule has 0 fully saturated rings. The van der Waals surface area contributed by atoms with Crippen LogP contribution in [0.3, 0.4) is 0 Å². The third kappa shape index (κ3) is 5.53. The van der Waals surface area contributed by atoms with Crippen molar-refractivity contribution in [2.75, 3.05) is 0 Å². The molecule has 0 spiro atoms. The van der Waals surface area contributed by atoms with E-state index in [0.29, 0.717) is 17.5 Å². The summed E-state index contributed by atoms with van der Waals surface area (Å²) in [5, 5.41) is 3.36. The highest BCUT2D eigenvalue weighted by Gasteiger charge is 2.30. The van der Waals surface area contributed by atoms with Gasteiger partial charge in [-0.15, -0.1) is 0 Å². The Hall–Kier alpha value is -1.03. The zero-order valence-corrected chi connectivity index (χ0v) is 12.6. The number of hydrogen-bond donors (Lipinski definition) is 1. The van der Waals surface area contributed by atoms with Gasteiger partial charge < -0.3 is 5.32 Å². The fraction of sp³-hybridized carbons (Fsp3) is 0.625. The smallest absolute Gasteiger partial charge is 0.308 e. The Labute approximate surface area is 119 Å². The van der Waals surface area contributed by atoms with Crippen LogP contribution in [0.4, 0.5) is 13.2 Å². The highest BCUT2D eigenvalue weighted by Crippen LogP contribution is 2.30. The third-order valence-electron chi connectivity index (χ3n) is 3.43. The van der Waals surface area contributed by atoms with E-state index in [9.17, 15) is 13.2 Å². The molecule has 0 aliphatic carbocycles. The van der Waals surface area contributed by atoms with Crippen molar-refractivity contribution in [1.82, 2.24) is 5.32 Å². The van der Waals surface area contributed by atoms with Gasteiger partial charge >= 0.3 is 6.18 Å². The molecule has 0 aliphatic heterocycles. The van der Waals surface area contributed by atoms with Crippen molar-refractivity contribution in [2.24, 2.45) is 5.92 Å². The Kier molecular flexibility index (Phi) is 6.06. The molecule has 2 unspecified atom stereocenters. The Morgan fingerprint density at radius 1 is 1.05 bits per heavy atom. The van der Waals surface area contributed by atoms with E-state index in [1.807, 2.05) is 6.92 Å². The molecule has 0 aromatic heterocycles. The van der Waals surface area contributed by atoms with Crippen molar-refractivity contribution in [3.8, 4) is 0 Å². The molecule has 114 valence electrons. The van der Waals surface area contributed by atoms with E-state index in [0.717, 1.165) is 18.9 Å². The molecule has 1 N–H and O–H groups in total. The zero-order valence-electron chi connectivity index (χ0n) is 12.6. The summed E-state index contributed by atoms with van der Waals surface area (Å²) in [6, 6.07) is 5.75. The minimum absolute atomic E-state index is 0.0838. The van der Waals surface area contributed by atoms with Gasteiger partial charge in [0.2, 0.25) is 0 Å². The van der Waals surface area contributed by atoms with Crippen molar-refractivity contribution < 1.29 is 13.2 Å². The van der Waals surface area contributed by atoms with Crippen molar-refractivity contribution in [3.05, 3.63) is 35.4 Å². The van der Waals surface area contributed by atoms with E-state index >= 15 is 0 Å². The molecule has 1 rings (SSSR count). The van der Waals surface area contributed by atoms with Crippen molar-refractivity contribution in [1.29, 1.82) is 0 Å². The van der Waals surface area contributed by atoms with Gasteiger partial charge in [0, 0.05) is 12.1 Å². The van der Waals surface area contributed by atoms with Gasteiger partial charge in [0.15, 0.2) is 0 Å². The number of benzene rings is 1.